The quantitative estimate of drug-likeness (QED) is 0.831. The molecule has 0 atom stereocenters. The molecular formula is C13H20ClNO2S. The Morgan fingerprint density at radius 1 is 1.50 bits per heavy atom. The minimum absolute atomic E-state index is 0.632. The molecule has 5 heteroatoms. The van der Waals surface area contributed by atoms with Crippen molar-refractivity contribution in [3.05, 3.63) is 21.3 Å². The molecule has 0 saturated carbocycles. The molecule has 102 valence electrons. The Balaban J connectivity index is 2.29. The van der Waals surface area contributed by atoms with E-state index in [4.69, 9.17) is 16.7 Å². The number of halogens is 1. The summed E-state index contributed by atoms with van der Waals surface area (Å²) in [7, 11) is 2.04. The summed E-state index contributed by atoms with van der Waals surface area (Å²) < 4.78 is 0.811. The topological polar surface area (TPSA) is 40.5 Å². The predicted molar refractivity (Wildman–Crippen MR) is 76.3 cm³/mol. The van der Waals surface area contributed by atoms with Crippen LogP contribution in [0.1, 0.15) is 31.6 Å². The van der Waals surface area contributed by atoms with E-state index in [1.54, 1.807) is 25.2 Å². The van der Waals surface area contributed by atoms with Gasteiger partial charge in [-0.05, 0) is 52.4 Å². The Morgan fingerprint density at radius 2 is 2.17 bits per heavy atom. The number of carboxylic acids is 1. The molecular weight excluding hydrogens is 270 g/mol. The molecule has 0 saturated heterocycles. The standard InChI is InChI=1S/C13H20ClNO2S/c1-13(2,12(16)17)7-4-8-15(3)9-10-5-6-11(14)18-10/h5-6H,4,7-9H2,1-3H3,(H,16,17). The Labute approximate surface area is 117 Å². The number of carbonyl (C=O) groups is 1. The van der Waals surface area contributed by atoms with Crippen molar-refractivity contribution in [1.29, 1.82) is 0 Å². The average Bonchev–Trinajstić information content (AvgIpc) is 2.63. The second-order valence-electron chi connectivity index (χ2n) is 5.24. The molecule has 0 aromatic carbocycles. The highest BCUT2D eigenvalue weighted by molar-refractivity contribution is 7.16. The number of aliphatic carboxylic acids is 1. The summed E-state index contributed by atoms with van der Waals surface area (Å²) in [6, 6.07) is 3.94. The second kappa shape index (κ2) is 6.55. The van der Waals surface area contributed by atoms with Crippen LogP contribution in [0.15, 0.2) is 12.1 Å². The molecule has 1 N–H and O–H groups in total. The summed E-state index contributed by atoms with van der Waals surface area (Å²) in [6.07, 6.45) is 1.58. The van der Waals surface area contributed by atoms with Crippen molar-refractivity contribution in [2.75, 3.05) is 13.6 Å². The highest BCUT2D eigenvalue weighted by atomic mass is 35.5. The number of carboxylic acid groups (broad SMARTS) is 1. The second-order valence-corrected chi connectivity index (χ2v) is 7.04. The van der Waals surface area contributed by atoms with Crippen LogP contribution in [-0.2, 0) is 11.3 Å². The van der Waals surface area contributed by atoms with Gasteiger partial charge in [-0.25, -0.2) is 0 Å². The predicted octanol–water partition coefficient (Wildman–Crippen LogP) is 3.72. The van der Waals surface area contributed by atoms with Crippen LogP contribution in [0.25, 0.3) is 0 Å². The first-order valence-electron chi connectivity index (χ1n) is 5.97. The van der Waals surface area contributed by atoms with Crippen molar-refractivity contribution in [3.63, 3.8) is 0 Å². The molecule has 0 fully saturated rings. The van der Waals surface area contributed by atoms with E-state index in [0.717, 1.165) is 23.8 Å². The van der Waals surface area contributed by atoms with Crippen LogP contribution in [0.5, 0.6) is 0 Å². The van der Waals surface area contributed by atoms with Gasteiger partial charge in [-0.3, -0.25) is 4.79 Å². The van der Waals surface area contributed by atoms with Crippen molar-refractivity contribution in [3.8, 4) is 0 Å². The minimum Gasteiger partial charge on any atom is -0.481 e. The smallest absolute Gasteiger partial charge is 0.309 e. The zero-order chi connectivity index (χ0) is 13.8. The van der Waals surface area contributed by atoms with Gasteiger partial charge in [-0.1, -0.05) is 11.6 Å². The van der Waals surface area contributed by atoms with Crippen LogP contribution in [-0.4, -0.2) is 29.6 Å². The fourth-order valence-corrected chi connectivity index (χ4v) is 2.85. The molecule has 1 aromatic rings. The Bertz CT molecular complexity index is 403. The zero-order valence-corrected chi connectivity index (χ0v) is 12.6. The van der Waals surface area contributed by atoms with Crippen LogP contribution in [0.3, 0.4) is 0 Å². The van der Waals surface area contributed by atoms with Crippen molar-refractivity contribution in [1.82, 2.24) is 4.90 Å². The molecule has 0 amide bonds. The van der Waals surface area contributed by atoms with Gasteiger partial charge in [0.1, 0.15) is 0 Å². The lowest BCUT2D eigenvalue weighted by Gasteiger charge is -2.21. The number of hydrogen-bond donors (Lipinski definition) is 1. The van der Waals surface area contributed by atoms with E-state index in [9.17, 15) is 4.79 Å². The minimum atomic E-state index is -0.727. The molecule has 3 nitrogen and oxygen atoms in total. The molecule has 1 aromatic heterocycles. The first-order valence-corrected chi connectivity index (χ1v) is 7.17. The van der Waals surface area contributed by atoms with Gasteiger partial charge in [0.05, 0.1) is 9.75 Å². The zero-order valence-electron chi connectivity index (χ0n) is 11.1. The molecule has 0 radical (unpaired) electrons. The fourth-order valence-electron chi connectivity index (χ4n) is 1.68. The van der Waals surface area contributed by atoms with Gasteiger partial charge in [0, 0.05) is 11.4 Å². The van der Waals surface area contributed by atoms with E-state index >= 15 is 0 Å². The van der Waals surface area contributed by atoms with E-state index in [1.807, 2.05) is 19.2 Å². The van der Waals surface area contributed by atoms with Crippen molar-refractivity contribution in [2.24, 2.45) is 5.41 Å². The summed E-state index contributed by atoms with van der Waals surface area (Å²) in [4.78, 5) is 14.4. The number of rotatable bonds is 7. The van der Waals surface area contributed by atoms with Gasteiger partial charge in [0.2, 0.25) is 0 Å². The summed E-state index contributed by atoms with van der Waals surface area (Å²) in [5, 5.41) is 9.02. The summed E-state index contributed by atoms with van der Waals surface area (Å²) >= 11 is 7.47. The van der Waals surface area contributed by atoms with Crippen LogP contribution in [0, 0.1) is 5.41 Å². The van der Waals surface area contributed by atoms with Crippen LogP contribution < -0.4 is 0 Å². The average molecular weight is 290 g/mol. The third-order valence-electron chi connectivity index (χ3n) is 2.98. The molecule has 1 heterocycles. The molecule has 0 spiro atoms. The highest BCUT2D eigenvalue weighted by Crippen LogP contribution is 2.24. The maximum absolute atomic E-state index is 11.0. The van der Waals surface area contributed by atoms with Crippen molar-refractivity contribution < 1.29 is 9.90 Å². The van der Waals surface area contributed by atoms with Gasteiger partial charge in [0.15, 0.2) is 0 Å². The lowest BCUT2D eigenvalue weighted by atomic mass is 9.88. The summed E-state index contributed by atoms with van der Waals surface area (Å²) in [6.45, 7) is 5.31. The molecule has 18 heavy (non-hydrogen) atoms. The summed E-state index contributed by atoms with van der Waals surface area (Å²) in [5.41, 5.74) is -0.632. The maximum atomic E-state index is 11.0. The van der Waals surface area contributed by atoms with Gasteiger partial charge >= 0.3 is 5.97 Å². The fraction of sp³-hybridized carbons (Fsp3) is 0.615. The van der Waals surface area contributed by atoms with E-state index in [0.29, 0.717) is 6.42 Å². The van der Waals surface area contributed by atoms with E-state index in [2.05, 4.69) is 4.90 Å². The monoisotopic (exact) mass is 289 g/mol. The summed E-state index contributed by atoms with van der Waals surface area (Å²) in [5.74, 6) is -0.727. The van der Waals surface area contributed by atoms with Gasteiger partial charge in [0.25, 0.3) is 0 Å². The highest BCUT2D eigenvalue weighted by Gasteiger charge is 2.26. The Kier molecular flexibility index (Phi) is 5.63. The first kappa shape index (κ1) is 15.5. The molecule has 0 unspecified atom stereocenters. The first-order chi connectivity index (χ1) is 8.31. The number of thiophene rings is 1. The molecule has 0 bridgehead atoms. The SMILES string of the molecule is CN(CCCC(C)(C)C(=O)O)Cc1ccc(Cl)s1. The lowest BCUT2D eigenvalue weighted by molar-refractivity contribution is -0.147. The number of hydrogen-bond acceptors (Lipinski definition) is 3. The Morgan fingerprint density at radius 3 is 2.67 bits per heavy atom. The van der Waals surface area contributed by atoms with Crippen molar-refractivity contribution in [2.45, 2.75) is 33.2 Å². The Hall–Kier alpha value is -0.580. The molecule has 1 rings (SSSR count). The van der Waals surface area contributed by atoms with E-state index in [1.165, 1.54) is 4.88 Å². The van der Waals surface area contributed by atoms with Gasteiger partial charge < -0.3 is 10.0 Å². The molecule has 0 aliphatic rings. The molecule has 0 aliphatic heterocycles. The van der Waals surface area contributed by atoms with Gasteiger partial charge in [-0.2, -0.15) is 0 Å². The third kappa shape index (κ3) is 4.96. The third-order valence-corrected chi connectivity index (χ3v) is 4.19. The van der Waals surface area contributed by atoms with Crippen molar-refractivity contribution >= 4 is 28.9 Å². The van der Waals surface area contributed by atoms with Crippen LogP contribution in [0.4, 0.5) is 0 Å². The normalized spacial score (nSPS) is 12.1. The van der Waals surface area contributed by atoms with Crippen LogP contribution in [0.2, 0.25) is 4.34 Å². The lowest BCUT2D eigenvalue weighted by Crippen LogP contribution is -2.26. The largest absolute Gasteiger partial charge is 0.481 e. The van der Waals surface area contributed by atoms with E-state index < -0.39 is 11.4 Å². The van der Waals surface area contributed by atoms with E-state index in [-0.39, 0.29) is 0 Å². The number of nitrogens with zero attached hydrogens (tertiary/aromatic N) is 1. The van der Waals surface area contributed by atoms with Gasteiger partial charge in [-0.15, -0.1) is 11.3 Å². The maximum Gasteiger partial charge on any atom is 0.309 e. The van der Waals surface area contributed by atoms with Crippen LogP contribution >= 0.6 is 22.9 Å². The molecule has 0 aliphatic carbocycles.